The third kappa shape index (κ3) is 4.12. The van der Waals surface area contributed by atoms with Crippen LogP contribution in [0.5, 0.6) is 0 Å². The molecule has 2 N–H and O–H groups in total. The monoisotopic (exact) mass is 301 g/mol. The third-order valence-electron chi connectivity index (χ3n) is 3.38. The molecule has 3 rings (SSSR count). The topological polar surface area (TPSA) is 54.0 Å². The molecule has 5 heteroatoms. The molecule has 1 aliphatic rings. The van der Waals surface area contributed by atoms with Gasteiger partial charge in [0.2, 0.25) is 5.91 Å². The lowest BCUT2D eigenvalue weighted by atomic mass is 10.1. The van der Waals surface area contributed by atoms with Gasteiger partial charge in [-0.15, -0.1) is 11.3 Å². The van der Waals surface area contributed by atoms with Gasteiger partial charge in [-0.2, -0.15) is 0 Å². The molecule has 1 aliphatic carbocycles. The van der Waals surface area contributed by atoms with Crippen LogP contribution in [0.1, 0.15) is 24.8 Å². The number of anilines is 1. The largest absolute Gasteiger partial charge is 0.326 e. The Morgan fingerprint density at radius 2 is 2.29 bits per heavy atom. The first-order valence-electron chi connectivity index (χ1n) is 7.26. The predicted octanol–water partition coefficient (Wildman–Crippen LogP) is 3.06. The van der Waals surface area contributed by atoms with E-state index < -0.39 is 0 Å². The van der Waals surface area contributed by atoms with Gasteiger partial charge in [0.15, 0.2) is 0 Å². The average molecular weight is 301 g/mol. The minimum atomic E-state index is -0.0581. The number of rotatable bonds is 6. The van der Waals surface area contributed by atoms with Crippen LogP contribution in [0.25, 0.3) is 11.3 Å². The molecule has 1 fully saturated rings. The molecule has 1 saturated carbocycles. The van der Waals surface area contributed by atoms with E-state index in [0.717, 1.165) is 41.0 Å². The van der Waals surface area contributed by atoms with Gasteiger partial charge in [-0.1, -0.05) is 12.1 Å². The predicted molar refractivity (Wildman–Crippen MR) is 86.6 cm³/mol. The van der Waals surface area contributed by atoms with Gasteiger partial charge in [0.25, 0.3) is 0 Å². The molecule has 1 heterocycles. The molecule has 0 atom stereocenters. The van der Waals surface area contributed by atoms with Gasteiger partial charge in [-0.3, -0.25) is 4.79 Å². The molecule has 1 amide bonds. The lowest BCUT2D eigenvalue weighted by molar-refractivity contribution is -0.114. The molecule has 0 aliphatic heterocycles. The second-order valence-electron chi connectivity index (χ2n) is 5.37. The van der Waals surface area contributed by atoms with Gasteiger partial charge in [-0.25, -0.2) is 4.98 Å². The Balaban J connectivity index is 1.65. The number of hydrogen-bond acceptors (Lipinski definition) is 4. The van der Waals surface area contributed by atoms with Crippen molar-refractivity contribution in [3.05, 3.63) is 34.7 Å². The van der Waals surface area contributed by atoms with Crippen LogP contribution in [0, 0.1) is 0 Å². The second kappa shape index (κ2) is 6.37. The van der Waals surface area contributed by atoms with E-state index in [0.29, 0.717) is 0 Å². The number of carbonyl (C=O) groups is 1. The van der Waals surface area contributed by atoms with Crippen LogP contribution in [0.4, 0.5) is 5.69 Å². The van der Waals surface area contributed by atoms with Crippen molar-refractivity contribution in [2.24, 2.45) is 0 Å². The Morgan fingerprint density at radius 3 is 3.05 bits per heavy atom. The summed E-state index contributed by atoms with van der Waals surface area (Å²) in [6.07, 6.45) is 3.62. The Bertz CT molecular complexity index is 634. The quantitative estimate of drug-likeness (QED) is 0.862. The second-order valence-corrected chi connectivity index (χ2v) is 6.31. The molecule has 21 heavy (non-hydrogen) atoms. The van der Waals surface area contributed by atoms with Crippen LogP contribution < -0.4 is 10.6 Å². The SMILES string of the molecule is CC(=O)Nc1cccc(-c2csc(CCNC3CC3)n2)c1. The summed E-state index contributed by atoms with van der Waals surface area (Å²) in [6, 6.07) is 8.56. The van der Waals surface area contributed by atoms with Crippen molar-refractivity contribution in [2.75, 3.05) is 11.9 Å². The Morgan fingerprint density at radius 1 is 1.43 bits per heavy atom. The van der Waals surface area contributed by atoms with Gasteiger partial charge < -0.3 is 10.6 Å². The van der Waals surface area contributed by atoms with Crippen LogP contribution in [-0.4, -0.2) is 23.5 Å². The first kappa shape index (κ1) is 14.2. The summed E-state index contributed by atoms with van der Waals surface area (Å²) < 4.78 is 0. The van der Waals surface area contributed by atoms with E-state index in [1.165, 1.54) is 19.8 Å². The number of amides is 1. The van der Waals surface area contributed by atoms with E-state index in [2.05, 4.69) is 21.0 Å². The number of carbonyl (C=O) groups excluding carboxylic acids is 1. The summed E-state index contributed by atoms with van der Waals surface area (Å²) in [5.74, 6) is -0.0581. The van der Waals surface area contributed by atoms with Crippen LogP contribution in [0.15, 0.2) is 29.6 Å². The zero-order chi connectivity index (χ0) is 14.7. The van der Waals surface area contributed by atoms with Gasteiger partial charge >= 0.3 is 0 Å². The maximum Gasteiger partial charge on any atom is 0.221 e. The smallest absolute Gasteiger partial charge is 0.221 e. The zero-order valence-electron chi connectivity index (χ0n) is 12.1. The fraction of sp³-hybridized carbons (Fsp3) is 0.375. The standard InChI is InChI=1S/C16H19N3OS/c1-11(20)18-14-4-2-3-12(9-14)15-10-21-16(19-15)7-8-17-13-5-6-13/h2-4,9-10,13,17H,5-8H2,1H3,(H,18,20). The van der Waals surface area contributed by atoms with E-state index in [9.17, 15) is 4.79 Å². The Labute approximate surface area is 128 Å². The summed E-state index contributed by atoms with van der Waals surface area (Å²) in [7, 11) is 0. The summed E-state index contributed by atoms with van der Waals surface area (Å²) in [6.45, 7) is 2.52. The van der Waals surface area contributed by atoms with Gasteiger partial charge in [0.1, 0.15) is 0 Å². The molecule has 0 bridgehead atoms. The first-order valence-corrected chi connectivity index (χ1v) is 8.14. The zero-order valence-corrected chi connectivity index (χ0v) is 12.9. The summed E-state index contributed by atoms with van der Waals surface area (Å²) >= 11 is 1.70. The molecule has 0 saturated heterocycles. The van der Waals surface area contributed by atoms with Crippen LogP contribution in [0.3, 0.4) is 0 Å². The summed E-state index contributed by atoms with van der Waals surface area (Å²) in [4.78, 5) is 15.8. The molecule has 2 aromatic rings. The molecule has 1 aromatic heterocycles. The highest BCUT2D eigenvalue weighted by Crippen LogP contribution is 2.25. The van der Waals surface area contributed by atoms with E-state index in [4.69, 9.17) is 0 Å². The Kier molecular flexibility index (Phi) is 4.31. The van der Waals surface area contributed by atoms with Gasteiger partial charge in [-0.05, 0) is 25.0 Å². The molecule has 0 spiro atoms. The fourth-order valence-corrected chi connectivity index (χ4v) is 3.00. The van der Waals surface area contributed by atoms with Crippen molar-refractivity contribution in [1.29, 1.82) is 0 Å². The molecule has 0 radical (unpaired) electrons. The van der Waals surface area contributed by atoms with Crippen molar-refractivity contribution >= 4 is 22.9 Å². The molecule has 110 valence electrons. The Hall–Kier alpha value is -1.72. The van der Waals surface area contributed by atoms with Gasteiger partial charge in [0, 0.05) is 42.6 Å². The number of benzene rings is 1. The van der Waals surface area contributed by atoms with Crippen molar-refractivity contribution < 1.29 is 4.79 Å². The fourth-order valence-electron chi connectivity index (χ4n) is 2.19. The van der Waals surface area contributed by atoms with Crippen molar-refractivity contribution in [2.45, 2.75) is 32.2 Å². The number of nitrogens with one attached hydrogen (secondary N) is 2. The lowest BCUT2D eigenvalue weighted by Crippen LogP contribution is -2.19. The van der Waals surface area contributed by atoms with Gasteiger partial charge in [0.05, 0.1) is 10.7 Å². The minimum Gasteiger partial charge on any atom is -0.326 e. The average Bonchev–Trinajstić information content (AvgIpc) is 3.14. The minimum absolute atomic E-state index is 0.0581. The highest BCUT2D eigenvalue weighted by atomic mass is 32.1. The number of thiazole rings is 1. The van der Waals surface area contributed by atoms with E-state index >= 15 is 0 Å². The lowest BCUT2D eigenvalue weighted by Gasteiger charge is -2.03. The van der Waals surface area contributed by atoms with Crippen LogP contribution in [0.2, 0.25) is 0 Å². The highest BCUT2D eigenvalue weighted by Gasteiger charge is 2.19. The first-order chi connectivity index (χ1) is 10.2. The van der Waals surface area contributed by atoms with Crippen molar-refractivity contribution in [3.63, 3.8) is 0 Å². The molecular formula is C16H19N3OS. The summed E-state index contributed by atoms with van der Waals surface area (Å²) in [5, 5.41) is 9.54. The van der Waals surface area contributed by atoms with E-state index in [1.54, 1.807) is 11.3 Å². The number of hydrogen-bond donors (Lipinski definition) is 2. The number of aromatic nitrogens is 1. The number of nitrogens with zero attached hydrogens (tertiary/aromatic N) is 1. The normalized spacial score (nSPS) is 14.1. The third-order valence-corrected chi connectivity index (χ3v) is 4.29. The van der Waals surface area contributed by atoms with E-state index in [-0.39, 0.29) is 5.91 Å². The summed E-state index contributed by atoms with van der Waals surface area (Å²) in [5.41, 5.74) is 2.83. The molecule has 0 unspecified atom stereocenters. The van der Waals surface area contributed by atoms with Crippen molar-refractivity contribution in [1.82, 2.24) is 10.3 Å². The molecule has 4 nitrogen and oxygen atoms in total. The maximum absolute atomic E-state index is 11.1. The highest BCUT2D eigenvalue weighted by molar-refractivity contribution is 7.09. The van der Waals surface area contributed by atoms with Crippen molar-refractivity contribution in [3.8, 4) is 11.3 Å². The van der Waals surface area contributed by atoms with Crippen LogP contribution in [-0.2, 0) is 11.2 Å². The van der Waals surface area contributed by atoms with Crippen LogP contribution >= 0.6 is 11.3 Å². The molecular weight excluding hydrogens is 282 g/mol. The van der Waals surface area contributed by atoms with E-state index in [1.807, 2.05) is 24.3 Å². The maximum atomic E-state index is 11.1. The molecule has 1 aromatic carbocycles.